The van der Waals surface area contributed by atoms with Crippen LogP contribution in [0.3, 0.4) is 0 Å². The first-order chi connectivity index (χ1) is 14.9. The number of para-hydroxylation sites is 1. The third-order valence-corrected chi connectivity index (χ3v) is 5.32. The molecule has 0 saturated carbocycles. The van der Waals surface area contributed by atoms with Crippen molar-refractivity contribution in [2.75, 3.05) is 19.8 Å². The van der Waals surface area contributed by atoms with Crippen LogP contribution in [0.25, 0.3) is 10.9 Å². The Morgan fingerprint density at radius 3 is 2.65 bits per heavy atom. The monoisotopic (exact) mass is 420 g/mol. The summed E-state index contributed by atoms with van der Waals surface area (Å²) in [7, 11) is 0. The summed E-state index contributed by atoms with van der Waals surface area (Å²) in [4.78, 5) is 29.5. The van der Waals surface area contributed by atoms with E-state index in [1.165, 1.54) is 0 Å². The van der Waals surface area contributed by atoms with Crippen molar-refractivity contribution in [1.29, 1.82) is 0 Å². The zero-order valence-corrected chi connectivity index (χ0v) is 17.7. The van der Waals surface area contributed by atoms with Gasteiger partial charge in [0.25, 0.3) is 5.91 Å². The molecule has 0 spiro atoms. The number of aromatic nitrogens is 1. The molecule has 7 nitrogen and oxygen atoms in total. The lowest BCUT2D eigenvalue weighted by Gasteiger charge is -2.21. The molecule has 1 aromatic heterocycles. The molecular formula is C24H24N2O5. The summed E-state index contributed by atoms with van der Waals surface area (Å²) in [5.74, 6) is 0.401. The highest BCUT2D eigenvalue weighted by Crippen LogP contribution is 2.32. The number of hydrogen-bond donors (Lipinski definition) is 1. The van der Waals surface area contributed by atoms with E-state index in [9.17, 15) is 9.59 Å². The van der Waals surface area contributed by atoms with Crippen LogP contribution in [-0.4, -0.2) is 36.7 Å². The molecule has 0 saturated heterocycles. The standard InChI is InChI=1S/C24H24N2O5/c1-14-18-6-4-5-7-19(18)25-16(3)23(14)24(28)31-13-22(27)26-15(2)17-8-9-20-21(12-17)30-11-10-29-20/h4-9,12,15H,10-11,13H2,1-3H3,(H,26,27)/t15-/m1/s1. The van der Waals surface area contributed by atoms with Gasteiger partial charge in [-0.3, -0.25) is 9.78 Å². The van der Waals surface area contributed by atoms with Gasteiger partial charge in [0.05, 0.1) is 22.8 Å². The highest BCUT2D eigenvalue weighted by Gasteiger charge is 2.20. The fraction of sp³-hybridized carbons (Fsp3) is 0.292. The van der Waals surface area contributed by atoms with Crippen LogP contribution in [0.15, 0.2) is 42.5 Å². The molecule has 1 amide bonds. The molecule has 7 heteroatoms. The van der Waals surface area contributed by atoms with Crippen molar-refractivity contribution in [2.45, 2.75) is 26.8 Å². The molecule has 3 aromatic rings. The van der Waals surface area contributed by atoms with E-state index in [1.54, 1.807) is 6.92 Å². The number of nitrogens with zero attached hydrogens (tertiary/aromatic N) is 1. The highest BCUT2D eigenvalue weighted by atomic mass is 16.6. The van der Waals surface area contributed by atoms with Crippen LogP contribution >= 0.6 is 0 Å². The van der Waals surface area contributed by atoms with Crippen LogP contribution < -0.4 is 14.8 Å². The summed E-state index contributed by atoms with van der Waals surface area (Å²) in [6, 6.07) is 12.9. The van der Waals surface area contributed by atoms with Crippen molar-refractivity contribution in [3.05, 3.63) is 64.8 Å². The van der Waals surface area contributed by atoms with Crippen molar-refractivity contribution in [3.63, 3.8) is 0 Å². The van der Waals surface area contributed by atoms with Crippen LogP contribution in [-0.2, 0) is 9.53 Å². The maximum Gasteiger partial charge on any atom is 0.340 e. The largest absolute Gasteiger partial charge is 0.486 e. The summed E-state index contributed by atoms with van der Waals surface area (Å²) in [5, 5.41) is 3.73. The second-order valence-corrected chi connectivity index (χ2v) is 7.48. The number of pyridine rings is 1. The van der Waals surface area contributed by atoms with Crippen molar-refractivity contribution >= 4 is 22.8 Å². The number of rotatable bonds is 5. The maximum atomic E-state index is 12.7. The van der Waals surface area contributed by atoms with E-state index in [0.717, 1.165) is 22.0 Å². The Morgan fingerprint density at radius 1 is 1.10 bits per heavy atom. The van der Waals surface area contributed by atoms with Crippen LogP contribution in [0.1, 0.15) is 40.1 Å². The van der Waals surface area contributed by atoms with E-state index < -0.39 is 5.97 Å². The Labute approximate surface area is 180 Å². The topological polar surface area (TPSA) is 86.8 Å². The van der Waals surface area contributed by atoms with E-state index in [1.807, 2.05) is 56.3 Å². The number of fused-ring (bicyclic) bond motifs is 2. The lowest BCUT2D eigenvalue weighted by Crippen LogP contribution is -2.31. The average Bonchev–Trinajstić information content (AvgIpc) is 2.77. The van der Waals surface area contributed by atoms with Crippen LogP contribution in [0.4, 0.5) is 0 Å². The van der Waals surface area contributed by atoms with E-state index in [-0.39, 0.29) is 18.6 Å². The summed E-state index contributed by atoms with van der Waals surface area (Å²) in [6.45, 7) is 6.12. The lowest BCUT2D eigenvalue weighted by atomic mass is 10.0. The van der Waals surface area contributed by atoms with E-state index in [2.05, 4.69) is 10.3 Å². The zero-order chi connectivity index (χ0) is 22.0. The molecule has 2 aromatic carbocycles. The molecule has 160 valence electrons. The molecule has 1 N–H and O–H groups in total. The molecule has 1 aliphatic heterocycles. The Kier molecular flexibility index (Phi) is 5.75. The summed E-state index contributed by atoms with van der Waals surface area (Å²) in [5.41, 5.74) is 3.45. The normalized spacial score (nSPS) is 13.5. The number of nitrogens with one attached hydrogen (secondary N) is 1. The Bertz CT molecular complexity index is 1160. The molecule has 2 heterocycles. The lowest BCUT2D eigenvalue weighted by molar-refractivity contribution is -0.124. The fourth-order valence-electron chi connectivity index (χ4n) is 3.73. The Morgan fingerprint density at radius 2 is 1.84 bits per heavy atom. The molecule has 0 unspecified atom stereocenters. The van der Waals surface area contributed by atoms with Crippen molar-refractivity contribution < 1.29 is 23.8 Å². The number of esters is 1. The minimum absolute atomic E-state index is 0.284. The number of hydrogen-bond acceptors (Lipinski definition) is 6. The first kappa shape index (κ1) is 20.7. The zero-order valence-electron chi connectivity index (χ0n) is 17.7. The maximum absolute atomic E-state index is 12.7. The number of benzene rings is 2. The smallest absolute Gasteiger partial charge is 0.340 e. The Balaban J connectivity index is 1.40. The van der Waals surface area contributed by atoms with Crippen LogP contribution in [0.5, 0.6) is 11.5 Å². The number of ether oxygens (including phenoxy) is 3. The highest BCUT2D eigenvalue weighted by molar-refractivity contribution is 5.99. The summed E-state index contributed by atoms with van der Waals surface area (Å²) in [6.07, 6.45) is 0. The minimum Gasteiger partial charge on any atom is -0.486 e. The predicted octanol–water partition coefficient (Wildman–Crippen LogP) is 3.66. The SMILES string of the molecule is Cc1nc2ccccc2c(C)c1C(=O)OCC(=O)N[C@H](C)c1ccc2c(c1)OCCO2. The van der Waals surface area contributed by atoms with E-state index in [0.29, 0.717) is 36.0 Å². The summed E-state index contributed by atoms with van der Waals surface area (Å²) >= 11 is 0. The molecule has 4 rings (SSSR count). The van der Waals surface area contributed by atoms with Gasteiger partial charge in [-0.1, -0.05) is 24.3 Å². The number of carbonyl (C=O) groups excluding carboxylic acids is 2. The van der Waals surface area contributed by atoms with E-state index >= 15 is 0 Å². The van der Waals surface area contributed by atoms with Gasteiger partial charge in [0, 0.05) is 5.39 Å². The Hall–Kier alpha value is -3.61. The van der Waals surface area contributed by atoms with Gasteiger partial charge in [-0.05, 0) is 50.1 Å². The van der Waals surface area contributed by atoms with Gasteiger partial charge >= 0.3 is 5.97 Å². The van der Waals surface area contributed by atoms with Crippen molar-refractivity contribution in [2.24, 2.45) is 0 Å². The van der Waals surface area contributed by atoms with Crippen molar-refractivity contribution in [1.82, 2.24) is 10.3 Å². The third kappa shape index (κ3) is 4.30. The first-order valence-corrected chi connectivity index (χ1v) is 10.2. The average molecular weight is 420 g/mol. The molecule has 1 atom stereocenters. The van der Waals surface area contributed by atoms with Crippen molar-refractivity contribution in [3.8, 4) is 11.5 Å². The molecule has 1 aliphatic rings. The third-order valence-electron chi connectivity index (χ3n) is 5.32. The van der Waals surface area contributed by atoms with Crippen LogP contribution in [0, 0.1) is 13.8 Å². The minimum atomic E-state index is -0.560. The second-order valence-electron chi connectivity index (χ2n) is 7.48. The van der Waals surface area contributed by atoms with Crippen LogP contribution in [0.2, 0.25) is 0 Å². The molecular weight excluding hydrogens is 396 g/mol. The predicted molar refractivity (Wildman–Crippen MR) is 115 cm³/mol. The van der Waals surface area contributed by atoms with Gasteiger partial charge < -0.3 is 19.5 Å². The number of amides is 1. The first-order valence-electron chi connectivity index (χ1n) is 10.2. The van der Waals surface area contributed by atoms with Gasteiger partial charge in [0.1, 0.15) is 13.2 Å². The number of carbonyl (C=O) groups is 2. The van der Waals surface area contributed by atoms with Gasteiger partial charge in [-0.15, -0.1) is 0 Å². The molecule has 31 heavy (non-hydrogen) atoms. The second kappa shape index (κ2) is 8.63. The quantitative estimate of drug-likeness (QED) is 0.634. The van der Waals surface area contributed by atoms with Gasteiger partial charge in [0.2, 0.25) is 0 Å². The summed E-state index contributed by atoms with van der Waals surface area (Å²) < 4.78 is 16.4. The number of aryl methyl sites for hydroxylation is 2. The fourth-order valence-corrected chi connectivity index (χ4v) is 3.73. The molecule has 0 bridgehead atoms. The molecule has 0 radical (unpaired) electrons. The van der Waals surface area contributed by atoms with Gasteiger partial charge in [0.15, 0.2) is 18.1 Å². The van der Waals surface area contributed by atoms with Gasteiger partial charge in [-0.2, -0.15) is 0 Å². The molecule has 0 fully saturated rings. The van der Waals surface area contributed by atoms with E-state index in [4.69, 9.17) is 14.2 Å². The molecule has 0 aliphatic carbocycles. The van der Waals surface area contributed by atoms with Gasteiger partial charge in [-0.25, -0.2) is 4.79 Å².